The number of hydrogen-bond acceptors (Lipinski definition) is 3. The fourth-order valence-electron chi connectivity index (χ4n) is 1.71. The number of rotatable bonds is 2. The minimum atomic E-state index is -0.855. The van der Waals surface area contributed by atoms with Crippen LogP contribution in [0.1, 0.15) is 22.8 Å². The van der Waals surface area contributed by atoms with Gasteiger partial charge in [0, 0.05) is 16.2 Å². The summed E-state index contributed by atoms with van der Waals surface area (Å²) in [5.74, 6) is 0.277. The molecule has 3 nitrogen and oxygen atoms in total. The molecule has 18 heavy (non-hydrogen) atoms. The van der Waals surface area contributed by atoms with Crippen LogP contribution in [-0.4, -0.2) is 10.1 Å². The summed E-state index contributed by atoms with van der Waals surface area (Å²) in [6.45, 7) is 1.98. The van der Waals surface area contributed by atoms with Crippen molar-refractivity contribution in [1.29, 1.82) is 0 Å². The zero-order valence-corrected chi connectivity index (χ0v) is 12.0. The smallest absolute Gasteiger partial charge is 0.129 e. The zero-order chi connectivity index (χ0) is 13.3. The first-order valence-corrected chi connectivity index (χ1v) is 6.51. The van der Waals surface area contributed by atoms with E-state index in [1.807, 2.05) is 25.1 Å². The quantitative estimate of drug-likeness (QED) is 0.888. The molecule has 0 saturated heterocycles. The molecule has 2 rings (SSSR count). The van der Waals surface area contributed by atoms with E-state index in [1.165, 1.54) is 6.20 Å². The highest BCUT2D eigenvalue weighted by molar-refractivity contribution is 9.10. The summed E-state index contributed by atoms with van der Waals surface area (Å²) in [5.41, 5.74) is 8.11. The first-order valence-electron chi connectivity index (χ1n) is 5.34. The number of aliphatic hydroxyl groups is 1. The zero-order valence-electron chi connectivity index (χ0n) is 9.69. The predicted octanol–water partition coefficient (Wildman–Crippen LogP) is 3.47. The van der Waals surface area contributed by atoms with Crippen LogP contribution in [0.3, 0.4) is 0 Å². The molecule has 1 aromatic heterocycles. The Bertz CT molecular complexity index is 589. The summed E-state index contributed by atoms with van der Waals surface area (Å²) >= 11 is 9.31. The Kier molecular flexibility index (Phi) is 3.90. The molecule has 94 valence electrons. The lowest BCUT2D eigenvalue weighted by molar-refractivity contribution is 0.220. The van der Waals surface area contributed by atoms with Gasteiger partial charge in [-0.15, -0.1) is 0 Å². The third kappa shape index (κ3) is 2.66. The molecule has 1 aromatic carbocycles. The average molecular weight is 328 g/mol. The maximum atomic E-state index is 10.4. The normalized spacial score (nSPS) is 12.4. The van der Waals surface area contributed by atoms with Crippen molar-refractivity contribution in [3.8, 4) is 0 Å². The maximum Gasteiger partial charge on any atom is 0.129 e. The van der Waals surface area contributed by atoms with Crippen LogP contribution in [0.25, 0.3) is 0 Å². The van der Waals surface area contributed by atoms with Gasteiger partial charge < -0.3 is 10.8 Å². The van der Waals surface area contributed by atoms with E-state index < -0.39 is 6.10 Å². The van der Waals surface area contributed by atoms with Crippen LogP contribution in [0.15, 0.2) is 34.9 Å². The summed E-state index contributed by atoms with van der Waals surface area (Å²) in [7, 11) is 0. The highest BCUT2D eigenvalue weighted by atomic mass is 79.9. The highest BCUT2D eigenvalue weighted by Crippen LogP contribution is 2.32. The Labute approximate surface area is 119 Å². The second-order valence-electron chi connectivity index (χ2n) is 4.06. The molecule has 1 atom stereocenters. The Morgan fingerprint density at radius 3 is 2.72 bits per heavy atom. The average Bonchev–Trinajstić information content (AvgIpc) is 2.31. The third-order valence-electron chi connectivity index (χ3n) is 2.66. The van der Waals surface area contributed by atoms with E-state index in [0.717, 1.165) is 15.6 Å². The monoisotopic (exact) mass is 326 g/mol. The number of aliphatic hydroxyl groups excluding tert-OH is 1. The number of aryl methyl sites for hydroxylation is 1. The van der Waals surface area contributed by atoms with Gasteiger partial charge >= 0.3 is 0 Å². The van der Waals surface area contributed by atoms with E-state index in [4.69, 9.17) is 17.3 Å². The van der Waals surface area contributed by atoms with Crippen molar-refractivity contribution in [2.75, 3.05) is 5.73 Å². The molecule has 1 unspecified atom stereocenters. The van der Waals surface area contributed by atoms with E-state index >= 15 is 0 Å². The van der Waals surface area contributed by atoms with E-state index in [1.54, 1.807) is 6.07 Å². The molecule has 0 aliphatic carbocycles. The van der Waals surface area contributed by atoms with Crippen LogP contribution in [0.5, 0.6) is 0 Å². The lowest BCUT2D eigenvalue weighted by Gasteiger charge is -2.15. The molecule has 0 saturated carbocycles. The molecule has 2 aromatic rings. The first-order chi connectivity index (χ1) is 8.49. The van der Waals surface area contributed by atoms with Crippen LogP contribution >= 0.6 is 27.5 Å². The van der Waals surface area contributed by atoms with Crippen molar-refractivity contribution in [3.63, 3.8) is 0 Å². The van der Waals surface area contributed by atoms with Gasteiger partial charge in [-0.2, -0.15) is 0 Å². The number of nitrogens with zero attached hydrogens (tertiary/aromatic N) is 1. The topological polar surface area (TPSA) is 59.1 Å². The fraction of sp³-hybridized carbons (Fsp3) is 0.154. The molecule has 0 radical (unpaired) electrons. The SMILES string of the molecule is Cc1ccc(C(O)c2cc(Cl)cnc2N)c(Br)c1. The van der Waals surface area contributed by atoms with Gasteiger partial charge in [0.15, 0.2) is 0 Å². The van der Waals surface area contributed by atoms with Gasteiger partial charge in [-0.1, -0.05) is 39.7 Å². The third-order valence-corrected chi connectivity index (χ3v) is 3.55. The Hall–Kier alpha value is -1.10. The molecule has 0 aliphatic heterocycles. The molecular formula is C13H12BrClN2O. The van der Waals surface area contributed by atoms with Crippen LogP contribution in [0.4, 0.5) is 5.82 Å². The fourth-order valence-corrected chi connectivity index (χ4v) is 2.58. The lowest BCUT2D eigenvalue weighted by Crippen LogP contribution is -2.06. The molecule has 5 heteroatoms. The van der Waals surface area contributed by atoms with Crippen molar-refractivity contribution >= 4 is 33.3 Å². The van der Waals surface area contributed by atoms with Gasteiger partial charge in [-0.05, 0) is 30.2 Å². The van der Waals surface area contributed by atoms with Gasteiger partial charge in [0.25, 0.3) is 0 Å². The van der Waals surface area contributed by atoms with Gasteiger partial charge in [-0.3, -0.25) is 0 Å². The molecule has 0 amide bonds. The van der Waals surface area contributed by atoms with Crippen molar-refractivity contribution in [2.24, 2.45) is 0 Å². The number of halogens is 2. The summed E-state index contributed by atoms with van der Waals surface area (Å²) in [4.78, 5) is 3.94. The van der Waals surface area contributed by atoms with Gasteiger partial charge in [-0.25, -0.2) is 4.98 Å². The van der Waals surface area contributed by atoms with E-state index in [2.05, 4.69) is 20.9 Å². The standard InChI is InChI=1S/C13H12BrClN2O/c1-7-2-3-9(11(14)4-7)12(18)10-5-8(15)6-17-13(10)16/h2-6,12,18H,1H3,(H2,16,17). The first kappa shape index (κ1) is 13.3. The summed E-state index contributed by atoms with van der Waals surface area (Å²) in [6.07, 6.45) is 0.600. The van der Waals surface area contributed by atoms with Crippen molar-refractivity contribution < 1.29 is 5.11 Å². The molecule has 0 aliphatic rings. The Balaban J connectivity index is 2.47. The highest BCUT2D eigenvalue weighted by Gasteiger charge is 2.17. The number of nitrogen functional groups attached to an aromatic ring is 1. The minimum Gasteiger partial charge on any atom is -0.383 e. The van der Waals surface area contributed by atoms with E-state index in [9.17, 15) is 5.11 Å². The lowest BCUT2D eigenvalue weighted by atomic mass is 10.0. The molecule has 0 fully saturated rings. The maximum absolute atomic E-state index is 10.4. The largest absolute Gasteiger partial charge is 0.383 e. The number of pyridine rings is 1. The molecule has 0 spiro atoms. The number of benzene rings is 1. The van der Waals surface area contributed by atoms with Crippen molar-refractivity contribution in [2.45, 2.75) is 13.0 Å². The number of anilines is 1. The second kappa shape index (κ2) is 5.26. The van der Waals surface area contributed by atoms with Gasteiger partial charge in [0.05, 0.1) is 5.02 Å². The predicted molar refractivity (Wildman–Crippen MR) is 76.6 cm³/mol. The van der Waals surface area contributed by atoms with Crippen LogP contribution in [0, 0.1) is 6.92 Å². The molecule has 0 bridgehead atoms. The second-order valence-corrected chi connectivity index (χ2v) is 5.35. The Morgan fingerprint density at radius 1 is 1.33 bits per heavy atom. The minimum absolute atomic E-state index is 0.277. The number of nitrogens with two attached hydrogens (primary N) is 1. The molecule has 3 N–H and O–H groups in total. The Morgan fingerprint density at radius 2 is 2.06 bits per heavy atom. The number of aromatic nitrogens is 1. The summed E-state index contributed by atoms with van der Waals surface area (Å²) in [6, 6.07) is 7.34. The van der Waals surface area contributed by atoms with Crippen LogP contribution in [0.2, 0.25) is 5.02 Å². The molecular weight excluding hydrogens is 316 g/mol. The van der Waals surface area contributed by atoms with Crippen molar-refractivity contribution in [1.82, 2.24) is 4.98 Å². The summed E-state index contributed by atoms with van der Waals surface area (Å²) < 4.78 is 0.828. The van der Waals surface area contributed by atoms with E-state index in [-0.39, 0.29) is 5.82 Å². The van der Waals surface area contributed by atoms with Crippen molar-refractivity contribution in [3.05, 3.63) is 56.6 Å². The van der Waals surface area contributed by atoms with Gasteiger partial charge in [0.1, 0.15) is 11.9 Å². The van der Waals surface area contributed by atoms with Gasteiger partial charge in [0.2, 0.25) is 0 Å². The molecule has 1 heterocycles. The van der Waals surface area contributed by atoms with Crippen LogP contribution < -0.4 is 5.73 Å². The summed E-state index contributed by atoms with van der Waals surface area (Å²) in [5, 5.41) is 10.8. The van der Waals surface area contributed by atoms with Crippen LogP contribution in [-0.2, 0) is 0 Å². The number of hydrogen-bond donors (Lipinski definition) is 2. The van der Waals surface area contributed by atoms with E-state index in [0.29, 0.717) is 10.6 Å².